The number of thiol groups is 1. The zero-order chi connectivity index (χ0) is 31.3. The number of nitrogens with one attached hydrogen (secondary N) is 1. The van der Waals surface area contributed by atoms with Gasteiger partial charge in [0.1, 0.15) is 42.8 Å². The van der Waals surface area contributed by atoms with E-state index in [2.05, 4.69) is 47.6 Å². The van der Waals surface area contributed by atoms with Crippen molar-refractivity contribution in [3.8, 4) is 0 Å². The van der Waals surface area contributed by atoms with Crippen LogP contribution in [0.15, 0.2) is 17.3 Å². The summed E-state index contributed by atoms with van der Waals surface area (Å²) in [6.07, 6.45) is -1.94. The predicted octanol–water partition coefficient (Wildman–Crippen LogP) is -1.14. The number of anilines is 2. The van der Waals surface area contributed by atoms with Gasteiger partial charge in [0.15, 0.2) is 22.6 Å². The van der Waals surface area contributed by atoms with Crippen LogP contribution in [0.25, 0.3) is 16.8 Å². The molecule has 0 spiro atoms. The van der Waals surface area contributed by atoms with Crippen molar-refractivity contribution in [2.45, 2.75) is 41.0 Å². The summed E-state index contributed by atoms with van der Waals surface area (Å²) in [4.78, 5) is 37.8. The van der Waals surface area contributed by atoms with Crippen LogP contribution in [0.1, 0.15) is 17.0 Å². The number of aliphatic hydroxyl groups is 2. The predicted molar refractivity (Wildman–Crippen MR) is 160 cm³/mol. The number of ether oxygens (including phenoxy) is 1. The van der Waals surface area contributed by atoms with Crippen LogP contribution in [0, 0.1) is 0 Å². The Morgan fingerprint density at radius 3 is 2.84 bits per heavy atom. The topological polar surface area (TPSA) is 286 Å². The van der Waals surface area contributed by atoms with Gasteiger partial charge in [-0.05, 0) is 16.4 Å². The number of aromatic amines is 1. The Bertz CT molecular complexity index is 1830. The summed E-state index contributed by atoms with van der Waals surface area (Å²) in [5.41, 5.74) is 11.6. The van der Waals surface area contributed by atoms with Crippen LogP contribution in [-0.4, -0.2) is 109 Å². The number of imidazole rings is 1. The highest BCUT2D eigenvalue weighted by molar-refractivity contribution is 8.39. The lowest BCUT2D eigenvalue weighted by atomic mass is 9.99. The van der Waals surface area contributed by atoms with E-state index in [-0.39, 0.29) is 42.8 Å². The zero-order valence-electron chi connectivity index (χ0n) is 22.0. The van der Waals surface area contributed by atoms with E-state index in [0.717, 1.165) is 11.8 Å². The summed E-state index contributed by atoms with van der Waals surface area (Å²) < 4.78 is 36.2. The molecule has 0 radical (unpaired) electrons. The molecule has 20 nitrogen and oxygen atoms in total. The SMILES string of the molecule is Nc1nc2c(nnn2[C@@H]2S[C@H](CO[P+](=O)S)[C@@H](O)[C@H]2OP(O)(=S)OC[C@H]2OC[C@@H](c3cnc4c(N)ncnn34)[C@@H]2O)c(=O)[nH]1. The highest BCUT2D eigenvalue weighted by atomic mass is 32.7. The van der Waals surface area contributed by atoms with E-state index in [1.54, 1.807) is 0 Å². The molecule has 0 saturated carbocycles. The van der Waals surface area contributed by atoms with Crippen molar-refractivity contribution >= 4 is 78.3 Å². The van der Waals surface area contributed by atoms with Gasteiger partial charge in [0.05, 0.1) is 48.5 Å². The van der Waals surface area contributed by atoms with Crippen molar-refractivity contribution in [2.75, 3.05) is 31.3 Å². The van der Waals surface area contributed by atoms with Crippen molar-refractivity contribution in [3.05, 3.63) is 28.6 Å². The highest BCUT2D eigenvalue weighted by Gasteiger charge is 2.50. The molecule has 2 unspecified atom stereocenters. The van der Waals surface area contributed by atoms with Gasteiger partial charge in [-0.25, -0.2) is 19.2 Å². The molecule has 8 N–H and O–H groups in total. The standard InChI is InChI=1S/C19H23N11O9P2S3/c20-14-16-22-1-7(29(16)24-5-23-14)6-2-36-8(11(6)31)3-38-41(35,43)39-13-12(32)9(4-37-40(34)42)44-18(13)30-15-10(27-28-30)17(33)26-19(21)25-15/h1,5-6,8-9,11-13,18,31-32H,2-4H2,(H6-,20,21,23,24,25,26,28,33,34,35,42,43)/p+1/t6-,8+,9+,11-,12+,13+,18+,41?/m0/s1. The fraction of sp³-hybridized carbons (Fsp3) is 0.526. The van der Waals surface area contributed by atoms with E-state index < -0.39 is 60.5 Å². The Balaban J connectivity index is 1.19. The molecule has 236 valence electrons. The number of thioether (sulfide) groups is 1. The number of nitrogens with two attached hydrogens (primary N) is 2. The average molecular weight is 709 g/mol. The molecule has 0 amide bonds. The number of rotatable bonds is 10. The average Bonchev–Trinajstić information content (AvgIpc) is 3.73. The lowest BCUT2D eigenvalue weighted by Gasteiger charge is -2.27. The van der Waals surface area contributed by atoms with Gasteiger partial charge in [0, 0.05) is 0 Å². The lowest BCUT2D eigenvalue weighted by molar-refractivity contribution is -0.0115. The van der Waals surface area contributed by atoms with Gasteiger partial charge in [-0.15, -0.1) is 21.4 Å². The van der Waals surface area contributed by atoms with E-state index in [0.29, 0.717) is 11.3 Å². The molecule has 2 aliphatic rings. The second kappa shape index (κ2) is 12.4. The minimum atomic E-state index is -4.14. The first-order valence-corrected chi connectivity index (χ1v) is 18.4. The van der Waals surface area contributed by atoms with Gasteiger partial charge >= 0.3 is 13.9 Å². The molecule has 9 atom stereocenters. The first-order valence-electron chi connectivity index (χ1n) is 12.6. The maximum absolute atomic E-state index is 12.3. The van der Waals surface area contributed by atoms with E-state index in [1.807, 2.05) is 0 Å². The maximum Gasteiger partial charge on any atom is 0.582 e. The Hall–Kier alpha value is -2.40. The quantitative estimate of drug-likeness (QED) is 0.0756. The van der Waals surface area contributed by atoms with Crippen LogP contribution in [0.5, 0.6) is 0 Å². The monoisotopic (exact) mass is 708 g/mol. The van der Waals surface area contributed by atoms with Gasteiger partial charge in [0.2, 0.25) is 5.95 Å². The normalized spacial score (nSPS) is 29.0. The molecular weight excluding hydrogens is 684 g/mol. The fourth-order valence-electron chi connectivity index (χ4n) is 4.88. The van der Waals surface area contributed by atoms with Crippen molar-refractivity contribution in [3.63, 3.8) is 0 Å². The second-order valence-electron chi connectivity index (χ2n) is 9.61. The van der Waals surface area contributed by atoms with Crippen LogP contribution in [0.2, 0.25) is 0 Å². The van der Waals surface area contributed by atoms with Crippen LogP contribution in [0.4, 0.5) is 11.8 Å². The minimum absolute atomic E-state index is 0.0218. The third kappa shape index (κ3) is 6.07. The highest BCUT2D eigenvalue weighted by Crippen LogP contribution is 2.54. The van der Waals surface area contributed by atoms with E-state index in [9.17, 15) is 24.5 Å². The number of H-pyrrole nitrogens is 1. The first kappa shape index (κ1) is 31.6. The van der Waals surface area contributed by atoms with Crippen LogP contribution in [-0.2, 0) is 34.7 Å². The largest absolute Gasteiger partial charge is 0.582 e. The van der Waals surface area contributed by atoms with E-state index in [1.165, 1.54) is 21.7 Å². The number of aromatic nitrogens is 9. The minimum Gasteiger partial charge on any atom is -0.390 e. The molecule has 0 aromatic carbocycles. The summed E-state index contributed by atoms with van der Waals surface area (Å²) in [6, 6.07) is 0. The molecule has 0 aliphatic carbocycles. The Kier molecular flexibility index (Phi) is 8.91. The number of nitrogens with zero attached hydrogens (tertiary/aromatic N) is 8. The molecule has 2 fully saturated rings. The van der Waals surface area contributed by atoms with Crippen molar-refractivity contribution < 1.29 is 38.0 Å². The summed E-state index contributed by atoms with van der Waals surface area (Å²) >= 11 is 10.0. The molecule has 2 aliphatic heterocycles. The Morgan fingerprint density at radius 2 is 2.07 bits per heavy atom. The number of nitrogen functional groups attached to an aromatic ring is 2. The second-order valence-corrected chi connectivity index (χ2v) is 15.5. The molecule has 4 aromatic heterocycles. The summed E-state index contributed by atoms with van der Waals surface area (Å²) in [7, 11) is -2.29. The molecule has 25 heteroatoms. The third-order valence-corrected chi connectivity index (χ3v) is 10.7. The van der Waals surface area contributed by atoms with Gasteiger partial charge < -0.3 is 35.8 Å². The van der Waals surface area contributed by atoms with Gasteiger partial charge in [-0.1, -0.05) is 5.21 Å². The number of aliphatic hydroxyl groups excluding tert-OH is 2. The summed E-state index contributed by atoms with van der Waals surface area (Å²) in [6.45, 7) is -4.65. The molecule has 4 aromatic rings. The lowest BCUT2D eigenvalue weighted by Crippen LogP contribution is -2.36. The van der Waals surface area contributed by atoms with Crippen LogP contribution < -0.4 is 17.0 Å². The summed E-state index contributed by atoms with van der Waals surface area (Å²) in [5, 5.41) is 32.4. The molecule has 6 rings (SSSR count). The fourth-order valence-corrected chi connectivity index (χ4v) is 8.43. The van der Waals surface area contributed by atoms with E-state index in [4.69, 9.17) is 41.6 Å². The molecule has 2 saturated heterocycles. The van der Waals surface area contributed by atoms with Crippen molar-refractivity contribution in [1.29, 1.82) is 0 Å². The first-order chi connectivity index (χ1) is 20.9. The van der Waals surface area contributed by atoms with Crippen LogP contribution >= 0.6 is 38.0 Å². The van der Waals surface area contributed by atoms with Gasteiger partial charge in [-0.2, -0.15) is 10.1 Å². The Morgan fingerprint density at radius 1 is 1.27 bits per heavy atom. The van der Waals surface area contributed by atoms with Crippen LogP contribution in [0.3, 0.4) is 0 Å². The van der Waals surface area contributed by atoms with Gasteiger partial charge in [-0.3, -0.25) is 14.3 Å². The molecular formula is C19H24N11O9P2S3+. The molecule has 44 heavy (non-hydrogen) atoms. The number of fused-ring (bicyclic) bond motifs is 2. The third-order valence-electron chi connectivity index (χ3n) is 6.93. The Labute approximate surface area is 261 Å². The van der Waals surface area contributed by atoms with Crippen molar-refractivity contribution in [1.82, 2.24) is 44.5 Å². The summed E-state index contributed by atoms with van der Waals surface area (Å²) in [5.74, 6) is -0.602. The van der Waals surface area contributed by atoms with Gasteiger partial charge in [0.25, 0.3) is 5.56 Å². The molecule has 0 bridgehead atoms. The number of hydrogen-bond donors (Lipinski definition) is 7. The smallest absolute Gasteiger partial charge is 0.390 e. The maximum atomic E-state index is 12.3. The van der Waals surface area contributed by atoms with Crippen molar-refractivity contribution in [2.24, 2.45) is 0 Å². The number of hydrogen-bond acceptors (Lipinski definition) is 18. The zero-order valence-corrected chi connectivity index (χ0v) is 26.3. The molecule has 6 heterocycles. The van der Waals surface area contributed by atoms with E-state index >= 15 is 0 Å².